The lowest BCUT2D eigenvalue weighted by molar-refractivity contribution is 0.0949. The summed E-state index contributed by atoms with van der Waals surface area (Å²) in [6.07, 6.45) is 2.59. The first-order valence-corrected chi connectivity index (χ1v) is 6.11. The lowest BCUT2D eigenvalue weighted by Gasteiger charge is -2.05. The Hall–Kier alpha value is -2.16. The molecule has 92 valence electrons. The summed E-state index contributed by atoms with van der Waals surface area (Å²) in [4.78, 5) is 15.9. The number of hydrogen-bond acceptors (Lipinski definition) is 2. The minimum absolute atomic E-state index is 0.116. The van der Waals surface area contributed by atoms with E-state index >= 15 is 0 Å². The zero-order valence-corrected chi connectivity index (χ0v) is 10.4. The molecule has 3 heteroatoms. The predicted molar refractivity (Wildman–Crippen MR) is 72.3 cm³/mol. The number of nitrogens with zero attached hydrogens (tertiary/aromatic N) is 1. The third-order valence-corrected chi connectivity index (χ3v) is 2.64. The van der Waals surface area contributed by atoms with Gasteiger partial charge in [0.15, 0.2) is 0 Å². The maximum Gasteiger partial charge on any atom is 0.269 e. The van der Waals surface area contributed by atoms with Gasteiger partial charge in [-0.25, -0.2) is 0 Å². The van der Waals surface area contributed by atoms with Crippen molar-refractivity contribution in [2.75, 3.05) is 6.54 Å². The Bertz CT molecular complexity index is 523. The second kappa shape index (κ2) is 5.96. The maximum absolute atomic E-state index is 11.8. The molecule has 18 heavy (non-hydrogen) atoms. The number of pyridine rings is 1. The van der Waals surface area contributed by atoms with Gasteiger partial charge in [-0.15, -0.1) is 0 Å². The number of aromatic nitrogens is 1. The molecule has 0 saturated carbocycles. The summed E-state index contributed by atoms with van der Waals surface area (Å²) in [5, 5.41) is 2.83. The fourth-order valence-electron chi connectivity index (χ4n) is 1.69. The Morgan fingerprint density at radius 2 is 1.94 bits per heavy atom. The van der Waals surface area contributed by atoms with E-state index in [4.69, 9.17) is 0 Å². The van der Waals surface area contributed by atoms with Crippen LogP contribution in [0.1, 0.15) is 23.8 Å². The number of hydrogen-bond donors (Lipinski definition) is 1. The summed E-state index contributed by atoms with van der Waals surface area (Å²) >= 11 is 0. The number of rotatable bonds is 4. The van der Waals surface area contributed by atoms with Crippen LogP contribution in [0.25, 0.3) is 11.1 Å². The fraction of sp³-hybridized carbons (Fsp3) is 0.200. The van der Waals surface area contributed by atoms with Gasteiger partial charge in [0.2, 0.25) is 0 Å². The van der Waals surface area contributed by atoms with Gasteiger partial charge in [0, 0.05) is 12.7 Å². The highest BCUT2D eigenvalue weighted by Crippen LogP contribution is 2.18. The molecule has 0 aliphatic carbocycles. The minimum Gasteiger partial charge on any atom is -0.351 e. The van der Waals surface area contributed by atoms with Crippen molar-refractivity contribution in [3.05, 3.63) is 54.4 Å². The molecule has 0 aliphatic heterocycles. The zero-order valence-electron chi connectivity index (χ0n) is 10.4. The number of carbonyl (C=O) groups excluding carboxylic acids is 1. The van der Waals surface area contributed by atoms with Crippen LogP contribution in [0.3, 0.4) is 0 Å². The summed E-state index contributed by atoms with van der Waals surface area (Å²) in [5.41, 5.74) is 2.56. The molecule has 1 amide bonds. The van der Waals surface area contributed by atoms with E-state index in [0.717, 1.165) is 17.5 Å². The molecule has 0 atom stereocenters. The van der Waals surface area contributed by atoms with Gasteiger partial charge in [-0.05, 0) is 29.7 Å². The van der Waals surface area contributed by atoms with Crippen LogP contribution in [0.5, 0.6) is 0 Å². The molecule has 0 radical (unpaired) electrons. The van der Waals surface area contributed by atoms with Gasteiger partial charge in [0.05, 0.1) is 0 Å². The number of amides is 1. The Balaban J connectivity index is 2.23. The summed E-state index contributed by atoms with van der Waals surface area (Å²) in [5.74, 6) is -0.116. The largest absolute Gasteiger partial charge is 0.351 e. The van der Waals surface area contributed by atoms with Crippen LogP contribution in [-0.2, 0) is 0 Å². The molecular weight excluding hydrogens is 224 g/mol. The van der Waals surface area contributed by atoms with E-state index in [-0.39, 0.29) is 5.91 Å². The van der Waals surface area contributed by atoms with Crippen molar-refractivity contribution in [1.29, 1.82) is 0 Å². The van der Waals surface area contributed by atoms with E-state index in [1.807, 2.05) is 49.4 Å². The summed E-state index contributed by atoms with van der Waals surface area (Å²) in [6.45, 7) is 2.70. The zero-order chi connectivity index (χ0) is 12.8. The second-order valence-electron chi connectivity index (χ2n) is 4.05. The maximum atomic E-state index is 11.8. The summed E-state index contributed by atoms with van der Waals surface area (Å²) in [7, 11) is 0. The van der Waals surface area contributed by atoms with E-state index in [0.29, 0.717) is 12.2 Å². The van der Waals surface area contributed by atoms with Crippen molar-refractivity contribution in [2.45, 2.75) is 13.3 Å². The Morgan fingerprint density at radius 1 is 1.17 bits per heavy atom. The molecule has 0 unspecified atom stereocenters. The van der Waals surface area contributed by atoms with Crippen molar-refractivity contribution in [1.82, 2.24) is 10.3 Å². The highest BCUT2D eigenvalue weighted by atomic mass is 16.1. The van der Waals surface area contributed by atoms with E-state index in [9.17, 15) is 4.79 Å². The van der Waals surface area contributed by atoms with Gasteiger partial charge < -0.3 is 5.32 Å². The topological polar surface area (TPSA) is 42.0 Å². The normalized spacial score (nSPS) is 10.1. The van der Waals surface area contributed by atoms with Gasteiger partial charge in [-0.3, -0.25) is 9.78 Å². The molecule has 2 rings (SSSR count). The highest BCUT2D eigenvalue weighted by Gasteiger charge is 2.07. The van der Waals surface area contributed by atoms with Crippen molar-refractivity contribution in [3.8, 4) is 11.1 Å². The van der Waals surface area contributed by atoms with Crippen LogP contribution in [0, 0.1) is 0 Å². The molecule has 0 bridgehead atoms. The van der Waals surface area contributed by atoms with E-state index in [1.165, 1.54) is 0 Å². The minimum atomic E-state index is -0.116. The second-order valence-corrected chi connectivity index (χ2v) is 4.05. The van der Waals surface area contributed by atoms with E-state index in [2.05, 4.69) is 10.3 Å². The Morgan fingerprint density at radius 3 is 2.67 bits per heavy atom. The SMILES string of the molecule is CCCNC(=O)c1cc(-c2ccccc2)ccn1. The van der Waals surface area contributed by atoms with Gasteiger partial charge in [0.25, 0.3) is 5.91 Å². The van der Waals surface area contributed by atoms with Crippen LogP contribution in [0.4, 0.5) is 0 Å². The molecule has 0 saturated heterocycles. The van der Waals surface area contributed by atoms with Crippen molar-refractivity contribution >= 4 is 5.91 Å². The van der Waals surface area contributed by atoms with Gasteiger partial charge in [-0.1, -0.05) is 37.3 Å². The Labute approximate surface area is 107 Å². The first kappa shape index (κ1) is 12.3. The molecule has 0 aliphatic rings. The number of carbonyl (C=O) groups is 1. The molecule has 1 heterocycles. The number of benzene rings is 1. The monoisotopic (exact) mass is 240 g/mol. The molecule has 1 aromatic carbocycles. The predicted octanol–water partition coefficient (Wildman–Crippen LogP) is 2.89. The van der Waals surface area contributed by atoms with Crippen LogP contribution >= 0.6 is 0 Å². The molecule has 1 aromatic heterocycles. The fourth-order valence-corrected chi connectivity index (χ4v) is 1.69. The van der Waals surface area contributed by atoms with Gasteiger partial charge >= 0.3 is 0 Å². The average Bonchev–Trinajstić information content (AvgIpc) is 2.46. The standard InChI is InChI=1S/C15H16N2O/c1-2-9-17-15(18)14-11-13(8-10-16-14)12-6-4-3-5-7-12/h3-8,10-11H,2,9H2,1H3,(H,17,18). The van der Waals surface area contributed by atoms with Crippen molar-refractivity contribution in [3.63, 3.8) is 0 Å². The molecular formula is C15H16N2O. The summed E-state index contributed by atoms with van der Waals surface area (Å²) in [6, 6.07) is 13.7. The third-order valence-electron chi connectivity index (χ3n) is 2.64. The smallest absolute Gasteiger partial charge is 0.269 e. The average molecular weight is 240 g/mol. The van der Waals surface area contributed by atoms with E-state index in [1.54, 1.807) is 6.20 Å². The van der Waals surface area contributed by atoms with Gasteiger partial charge in [0.1, 0.15) is 5.69 Å². The highest BCUT2D eigenvalue weighted by molar-refractivity contribution is 5.93. The van der Waals surface area contributed by atoms with Crippen LogP contribution in [-0.4, -0.2) is 17.4 Å². The lowest BCUT2D eigenvalue weighted by atomic mass is 10.1. The van der Waals surface area contributed by atoms with Gasteiger partial charge in [-0.2, -0.15) is 0 Å². The van der Waals surface area contributed by atoms with Crippen LogP contribution in [0.2, 0.25) is 0 Å². The molecule has 0 spiro atoms. The first-order chi connectivity index (χ1) is 8.81. The molecule has 0 fully saturated rings. The first-order valence-electron chi connectivity index (χ1n) is 6.11. The van der Waals surface area contributed by atoms with Crippen LogP contribution < -0.4 is 5.32 Å². The number of nitrogens with one attached hydrogen (secondary N) is 1. The Kier molecular flexibility index (Phi) is 4.07. The molecule has 3 nitrogen and oxygen atoms in total. The van der Waals surface area contributed by atoms with Crippen molar-refractivity contribution < 1.29 is 4.79 Å². The third kappa shape index (κ3) is 2.94. The van der Waals surface area contributed by atoms with Crippen molar-refractivity contribution in [2.24, 2.45) is 0 Å². The summed E-state index contributed by atoms with van der Waals surface area (Å²) < 4.78 is 0. The molecule has 1 N–H and O–H groups in total. The van der Waals surface area contributed by atoms with Crippen LogP contribution in [0.15, 0.2) is 48.7 Å². The molecule has 2 aromatic rings. The van der Waals surface area contributed by atoms with E-state index < -0.39 is 0 Å². The lowest BCUT2D eigenvalue weighted by Crippen LogP contribution is -2.24. The quantitative estimate of drug-likeness (QED) is 0.892.